The van der Waals surface area contributed by atoms with Gasteiger partial charge in [-0.15, -0.1) is 10.2 Å². The van der Waals surface area contributed by atoms with Crippen molar-refractivity contribution < 1.29 is 9.34 Å². The van der Waals surface area contributed by atoms with Crippen molar-refractivity contribution in [2.24, 2.45) is 0 Å². The van der Waals surface area contributed by atoms with Gasteiger partial charge in [0, 0.05) is 12.1 Å². The van der Waals surface area contributed by atoms with Crippen LogP contribution in [0.5, 0.6) is 0 Å². The van der Waals surface area contributed by atoms with E-state index in [2.05, 4.69) is 10.2 Å². The highest BCUT2D eigenvalue weighted by atomic mass is 35.5. The Morgan fingerprint density at radius 1 is 1.45 bits per heavy atom. The van der Waals surface area contributed by atoms with E-state index in [1.807, 2.05) is 0 Å². The fourth-order valence-corrected chi connectivity index (χ4v) is 2.60. The van der Waals surface area contributed by atoms with E-state index in [0.717, 1.165) is 11.3 Å². The van der Waals surface area contributed by atoms with Crippen LogP contribution in [0.3, 0.4) is 0 Å². The standard InChI is InChI=1S/C10H5ClN4O4S/c11-9-13-12-8(20-9)4-14-6-3-5(15(17)18)1-2-7(6)19-10(14)16/h1-3H,4H2. The third kappa shape index (κ3) is 2.17. The van der Waals surface area contributed by atoms with Gasteiger partial charge < -0.3 is 4.42 Å². The number of nitrogens with zero attached hydrogens (tertiary/aromatic N) is 4. The van der Waals surface area contributed by atoms with Crippen molar-refractivity contribution in [3.8, 4) is 0 Å². The summed E-state index contributed by atoms with van der Waals surface area (Å²) in [5, 5.41) is 18.7. The van der Waals surface area contributed by atoms with Crippen molar-refractivity contribution in [3.63, 3.8) is 0 Å². The molecule has 0 spiro atoms. The Kier molecular flexibility index (Phi) is 2.99. The molecule has 3 aromatic rings. The second-order valence-corrected chi connectivity index (χ2v) is 5.46. The van der Waals surface area contributed by atoms with Gasteiger partial charge in [-0.05, 0) is 17.7 Å². The van der Waals surface area contributed by atoms with Crippen LogP contribution < -0.4 is 5.76 Å². The van der Waals surface area contributed by atoms with Gasteiger partial charge in [-0.2, -0.15) is 0 Å². The molecular weight excluding hydrogens is 308 g/mol. The van der Waals surface area contributed by atoms with Crippen LogP contribution in [0.2, 0.25) is 4.47 Å². The highest BCUT2D eigenvalue weighted by Crippen LogP contribution is 2.22. The van der Waals surface area contributed by atoms with Gasteiger partial charge in [0.25, 0.3) is 5.69 Å². The Labute approximate surface area is 119 Å². The summed E-state index contributed by atoms with van der Waals surface area (Å²) in [6.07, 6.45) is 0. The summed E-state index contributed by atoms with van der Waals surface area (Å²) in [5.74, 6) is -0.619. The van der Waals surface area contributed by atoms with Gasteiger partial charge in [0.05, 0.1) is 17.0 Å². The smallest absolute Gasteiger partial charge is 0.408 e. The molecule has 0 radical (unpaired) electrons. The first-order valence-electron chi connectivity index (χ1n) is 5.30. The Balaban J connectivity index is 2.13. The Hall–Kier alpha value is -2.26. The maximum atomic E-state index is 11.8. The van der Waals surface area contributed by atoms with Crippen molar-refractivity contribution in [2.45, 2.75) is 6.54 Å². The van der Waals surface area contributed by atoms with E-state index in [1.54, 1.807) is 0 Å². The summed E-state index contributed by atoms with van der Waals surface area (Å²) in [6.45, 7) is 0.0946. The first-order valence-corrected chi connectivity index (χ1v) is 6.50. The van der Waals surface area contributed by atoms with E-state index < -0.39 is 10.7 Å². The number of rotatable bonds is 3. The van der Waals surface area contributed by atoms with Gasteiger partial charge >= 0.3 is 5.76 Å². The molecule has 3 rings (SSSR count). The Bertz CT molecular complexity index is 868. The molecule has 0 bridgehead atoms. The second kappa shape index (κ2) is 4.69. The lowest BCUT2D eigenvalue weighted by molar-refractivity contribution is -0.384. The maximum Gasteiger partial charge on any atom is 0.420 e. The van der Waals surface area contributed by atoms with Gasteiger partial charge in [0.2, 0.25) is 4.47 Å². The van der Waals surface area contributed by atoms with E-state index in [0.29, 0.717) is 10.5 Å². The summed E-state index contributed by atoms with van der Waals surface area (Å²) >= 11 is 6.79. The number of aromatic nitrogens is 3. The molecule has 0 amide bonds. The predicted octanol–water partition coefficient (Wildman–Crippen LogP) is 2.06. The molecule has 0 saturated heterocycles. The topological polar surface area (TPSA) is 104 Å². The SMILES string of the molecule is O=c1oc2ccc([N+](=O)[O-])cc2n1Cc1nnc(Cl)s1. The number of fused-ring (bicyclic) bond motifs is 1. The normalized spacial score (nSPS) is 11.1. The summed E-state index contributed by atoms with van der Waals surface area (Å²) in [7, 11) is 0. The van der Waals surface area contributed by atoms with E-state index in [-0.39, 0.29) is 22.3 Å². The van der Waals surface area contributed by atoms with Crippen molar-refractivity contribution >= 4 is 39.7 Å². The first kappa shape index (κ1) is 12.8. The number of halogens is 1. The van der Waals surface area contributed by atoms with Crippen LogP contribution in [-0.2, 0) is 6.54 Å². The molecule has 0 saturated carbocycles. The average Bonchev–Trinajstić information content (AvgIpc) is 2.94. The molecule has 102 valence electrons. The zero-order chi connectivity index (χ0) is 14.3. The van der Waals surface area contributed by atoms with Crippen molar-refractivity contribution in [1.82, 2.24) is 14.8 Å². The van der Waals surface area contributed by atoms with Gasteiger partial charge in [-0.25, -0.2) is 4.79 Å². The number of oxazole rings is 1. The summed E-state index contributed by atoms with van der Waals surface area (Å²) in [4.78, 5) is 22.0. The van der Waals surface area contributed by atoms with Crippen molar-refractivity contribution in [2.75, 3.05) is 0 Å². The molecule has 0 N–H and O–H groups in total. The van der Waals surface area contributed by atoms with Crippen molar-refractivity contribution in [1.29, 1.82) is 0 Å². The van der Waals surface area contributed by atoms with E-state index in [1.165, 1.54) is 22.8 Å². The second-order valence-electron chi connectivity index (χ2n) is 3.81. The van der Waals surface area contributed by atoms with Crippen molar-refractivity contribution in [3.05, 3.63) is 48.3 Å². The van der Waals surface area contributed by atoms with E-state index in [9.17, 15) is 14.9 Å². The first-order chi connectivity index (χ1) is 9.54. The molecular formula is C10H5ClN4O4S. The van der Waals surface area contributed by atoms with Crippen LogP contribution in [0, 0.1) is 10.1 Å². The lowest BCUT2D eigenvalue weighted by atomic mass is 10.3. The summed E-state index contributed by atoms with van der Waals surface area (Å²) in [5.41, 5.74) is 0.481. The van der Waals surface area contributed by atoms with Crippen LogP contribution in [0.15, 0.2) is 27.4 Å². The average molecular weight is 313 g/mol. The summed E-state index contributed by atoms with van der Waals surface area (Å²) < 4.78 is 6.53. The number of nitro groups is 1. The van der Waals surface area contributed by atoms with Crippen LogP contribution in [0.25, 0.3) is 11.1 Å². The molecule has 0 aliphatic carbocycles. The number of hydrogen-bond acceptors (Lipinski definition) is 7. The molecule has 0 unspecified atom stereocenters. The van der Waals surface area contributed by atoms with Crippen LogP contribution in [0.1, 0.15) is 5.01 Å². The fourth-order valence-electron chi connectivity index (χ4n) is 1.75. The number of nitro benzene ring substituents is 1. The lowest BCUT2D eigenvalue weighted by Crippen LogP contribution is -2.14. The molecule has 10 heteroatoms. The molecule has 0 aliphatic heterocycles. The molecule has 0 aliphatic rings. The van der Waals surface area contributed by atoms with Crippen LogP contribution in [0.4, 0.5) is 5.69 Å². The third-order valence-electron chi connectivity index (χ3n) is 2.60. The monoisotopic (exact) mass is 312 g/mol. The lowest BCUT2D eigenvalue weighted by Gasteiger charge is -1.97. The molecule has 0 fully saturated rings. The largest absolute Gasteiger partial charge is 0.420 e. The van der Waals surface area contributed by atoms with Gasteiger partial charge in [-0.3, -0.25) is 14.7 Å². The third-order valence-corrected chi connectivity index (χ3v) is 3.60. The van der Waals surface area contributed by atoms with E-state index >= 15 is 0 Å². The molecule has 2 aromatic heterocycles. The molecule has 20 heavy (non-hydrogen) atoms. The highest BCUT2D eigenvalue weighted by Gasteiger charge is 2.15. The zero-order valence-electron chi connectivity index (χ0n) is 9.65. The number of benzene rings is 1. The van der Waals surface area contributed by atoms with Crippen LogP contribution in [-0.4, -0.2) is 19.7 Å². The predicted molar refractivity (Wildman–Crippen MR) is 71.1 cm³/mol. The minimum atomic E-state index is -0.619. The molecule has 8 nitrogen and oxygen atoms in total. The Morgan fingerprint density at radius 3 is 2.90 bits per heavy atom. The maximum absolute atomic E-state index is 11.8. The van der Waals surface area contributed by atoms with Gasteiger partial charge in [0.15, 0.2) is 5.58 Å². The molecule has 2 heterocycles. The quantitative estimate of drug-likeness (QED) is 0.541. The highest BCUT2D eigenvalue weighted by molar-refractivity contribution is 7.15. The minimum Gasteiger partial charge on any atom is -0.408 e. The van der Waals surface area contributed by atoms with Gasteiger partial charge in [0.1, 0.15) is 5.01 Å². The number of non-ortho nitro benzene ring substituents is 1. The van der Waals surface area contributed by atoms with E-state index in [4.69, 9.17) is 16.0 Å². The zero-order valence-corrected chi connectivity index (χ0v) is 11.2. The molecule has 1 aromatic carbocycles. The molecule has 0 atom stereocenters. The number of hydrogen-bond donors (Lipinski definition) is 0. The Morgan fingerprint density at radius 2 is 2.25 bits per heavy atom. The minimum absolute atomic E-state index is 0.0946. The summed E-state index contributed by atoms with van der Waals surface area (Å²) in [6, 6.07) is 3.94. The van der Waals surface area contributed by atoms with Gasteiger partial charge in [-0.1, -0.05) is 11.3 Å². The fraction of sp³-hybridized carbons (Fsp3) is 0.100. The van der Waals surface area contributed by atoms with Crippen LogP contribution >= 0.6 is 22.9 Å².